The van der Waals surface area contributed by atoms with Crippen LogP contribution in [0.4, 0.5) is 5.69 Å². The number of anilines is 1. The fraction of sp³-hybridized carbons (Fsp3) is 0.429. The molecule has 1 aromatic carbocycles. The molecule has 0 radical (unpaired) electrons. The van der Waals surface area contributed by atoms with Crippen molar-refractivity contribution in [2.24, 2.45) is 0 Å². The van der Waals surface area contributed by atoms with E-state index in [1.54, 1.807) is 45.0 Å². The molecule has 6 heteroatoms. The van der Waals surface area contributed by atoms with Crippen LogP contribution in [-0.4, -0.2) is 37.2 Å². The van der Waals surface area contributed by atoms with E-state index >= 15 is 0 Å². The van der Waals surface area contributed by atoms with Gasteiger partial charge < -0.3 is 4.90 Å². The number of Topliss-reactive ketones (excluding diaryl/α,β-unsaturated/α-hetero) is 1. The van der Waals surface area contributed by atoms with Crippen molar-refractivity contribution in [3.8, 4) is 0 Å². The van der Waals surface area contributed by atoms with Gasteiger partial charge >= 0.3 is 0 Å². The Bertz CT molecular complexity index is 671. The molecular formula is C14H17NO4S. The molecule has 0 bridgehead atoms. The SMILES string of the molecule is CC(C)(C)S(=O)(=O)CCN1C(=O)C(=O)c2ccccc21. The molecule has 0 aromatic heterocycles. The molecule has 0 saturated heterocycles. The van der Waals surface area contributed by atoms with Gasteiger partial charge in [-0.1, -0.05) is 12.1 Å². The number of hydrogen-bond acceptors (Lipinski definition) is 4. The maximum absolute atomic E-state index is 12.1. The second-order valence-electron chi connectivity index (χ2n) is 5.73. The molecule has 1 aliphatic heterocycles. The zero-order valence-electron chi connectivity index (χ0n) is 11.7. The molecule has 0 spiro atoms. The summed E-state index contributed by atoms with van der Waals surface area (Å²) in [6.45, 7) is 4.86. The largest absolute Gasteiger partial charge is 0.304 e. The zero-order valence-corrected chi connectivity index (χ0v) is 12.5. The molecule has 5 nitrogen and oxygen atoms in total. The van der Waals surface area contributed by atoms with Crippen LogP contribution in [-0.2, 0) is 14.6 Å². The van der Waals surface area contributed by atoms with Crippen LogP contribution >= 0.6 is 0 Å². The molecule has 0 aliphatic carbocycles. The molecule has 1 heterocycles. The lowest BCUT2D eigenvalue weighted by molar-refractivity contribution is -0.114. The summed E-state index contributed by atoms with van der Waals surface area (Å²) in [5.74, 6) is -1.40. The van der Waals surface area contributed by atoms with E-state index in [9.17, 15) is 18.0 Å². The minimum atomic E-state index is -3.33. The fourth-order valence-electron chi connectivity index (χ4n) is 1.99. The number of amides is 1. The highest BCUT2D eigenvalue weighted by Crippen LogP contribution is 2.28. The number of benzene rings is 1. The molecule has 2 rings (SSSR count). The number of rotatable bonds is 3. The summed E-state index contributed by atoms with van der Waals surface area (Å²) in [6, 6.07) is 6.63. The molecule has 0 atom stereocenters. The standard InChI is InChI=1S/C14H17NO4S/c1-14(2,3)20(18,19)9-8-15-11-7-5-4-6-10(11)12(16)13(15)17/h4-7H,8-9H2,1-3H3. The normalized spacial score (nSPS) is 15.7. The Morgan fingerprint density at radius 3 is 2.30 bits per heavy atom. The highest BCUT2D eigenvalue weighted by atomic mass is 32.2. The van der Waals surface area contributed by atoms with Crippen LogP contribution in [0.3, 0.4) is 0 Å². The summed E-state index contributed by atoms with van der Waals surface area (Å²) in [4.78, 5) is 24.9. The predicted molar refractivity (Wildman–Crippen MR) is 76.7 cm³/mol. The van der Waals surface area contributed by atoms with E-state index in [0.29, 0.717) is 11.3 Å². The van der Waals surface area contributed by atoms with E-state index in [1.807, 2.05) is 0 Å². The van der Waals surface area contributed by atoms with E-state index in [-0.39, 0.29) is 12.3 Å². The number of para-hydroxylation sites is 1. The van der Waals surface area contributed by atoms with Crippen LogP contribution in [0.15, 0.2) is 24.3 Å². The van der Waals surface area contributed by atoms with Crippen LogP contribution in [0.2, 0.25) is 0 Å². The van der Waals surface area contributed by atoms with Crippen LogP contribution in [0.5, 0.6) is 0 Å². The van der Waals surface area contributed by atoms with Gasteiger partial charge in [-0.25, -0.2) is 8.42 Å². The number of hydrogen-bond donors (Lipinski definition) is 0. The van der Waals surface area contributed by atoms with Crippen LogP contribution in [0.1, 0.15) is 31.1 Å². The third-order valence-corrected chi connectivity index (χ3v) is 5.98. The molecule has 1 aliphatic rings. The molecule has 108 valence electrons. The summed E-state index contributed by atoms with van der Waals surface area (Å²) >= 11 is 0. The topological polar surface area (TPSA) is 71.5 Å². The summed E-state index contributed by atoms with van der Waals surface area (Å²) in [5, 5.41) is 0. The second kappa shape index (κ2) is 4.70. The Morgan fingerprint density at radius 1 is 1.10 bits per heavy atom. The van der Waals surface area contributed by atoms with E-state index in [4.69, 9.17) is 0 Å². The molecule has 0 unspecified atom stereocenters. The summed E-state index contributed by atoms with van der Waals surface area (Å²) in [5.41, 5.74) is 0.831. The quantitative estimate of drug-likeness (QED) is 0.791. The van der Waals surface area contributed by atoms with Gasteiger partial charge in [0, 0.05) is 6.54 Å². The maximum atomic E-state index is 12.1. The van der Waals surface area contributed by atoms with Gasteiger partial charge in [0.15, 0.2) is 9.84 Å². The average molecular weight is 295 g/mol. The van der Waals surface area contributed by atoms with Gasteiger partial charge in [0.25, 0.3) is 11.7 Å². The Kier molecular flexibility index (Phi) is 3.46. The first-order valence-corrected chi connectivity index (χ1v) is 7.98. The predicted octanol–water partition coefficient (Wildman–Crippen LogP) is 1.43. The van der Waals surface area contributed by atoms with Crippen molar-refractivity contribution in [2.45, 2.75) is 25.5 Å². The van der Waals surface area contributed by atoms with Gasteiger partial charge in [-0.3, -0.25) is 9.59 Å². The minimum Gasteiger partial charge on any atom is -0.304 e. The first kappa shape index (κ1) is 14.7. The van der Waals surface area contributed by atoms with Gasteiger partial charge in [0.2, 0.25) is 0 Å². The highest BCUT2D eigenvalue weighted by Gasteiger charge is 2.37. The van der Waals surface area contributed by atoms with E-state index in [2.05, 4.69) is 0 Å². The van der Waals surface area contributed by atoms with Crippen molar-refractivity contribution >= 4 is 27.2 Å². The number of fused-ring (bicyclic) bond motifs is 1. The third kappa shape index (κ3) is 2.35. The van der Waals surface area contributed by atoms with Crippen LogP contribution < -0.4 is 4.90 Å². The maximum Gasteiger partial charge on any atom is 0.299 e. The first-order chi connectivity index (χ1) is 9.15. The molecule has 0 saturated carbocycles. The Balaban J connectivity index is 2.24. The molecule has 20 heavy (non-hydrogen) atoms. The van der Waals surface area contributed by atoms with Crippen molar-refractivity contribution in [3.63, 3.8) is 0 Å². The van der Waals surface area contributed by atoms with Gasteiger partial charge in [-0.15, -0.1) is 0 Å². The number of carbonyl (C=O) groups excluding carboxylic acids is 2. The average Bonchev–Trinajstić information content (AvgIpc) is 2.59. The summed E-state index contributed by atoms with van der Waals surface area (Å²) in [6.07, 6.45) is 0. The molecule has 0 fully saturated rings. The lowest BCUT2D eigenvalue weighted by Crippen LogP contribution is -2.38. The Hall–Kier alpha value is -1.69. The molecular weight excluding hydrogens is 278 g/mol. The van der Waals surface area contributed by atoms with Crippen molar-refractivity contribution in [1.82, 2.24) is 0 Å². The first-order valence-electron chi connectivity index (χ1n) is 6.33. The van der Waals surface area contributed by atoms with Crippen LogP contribution in [0, 0.1) is 0 Å². The van der Waals surface area contributed by atoms with Crippen molar-refractivity contribution in [3.05, 3.63) is 29.8 Å². The van der Waals surface area contributed by atoms with Crippen molar-refractivity contribution in [2.75, 3.05) is 17.2 Å². The van der Waals surface area contributed by atoms with Crippen molar-refractivity contribution in [1.29, 1.82) is 0 Å². The molecule has 1 amide bonds. The lowest BCUT2D eigenvalue weighted by atomic mass is 10.1. The second-order valence-corrected chi connectivity index (χ2v) is 8.60. The third-order valence-electron chi connectivity index (χ3n) is 3.40. The Morgan fingerprint density at radius 2 is 1.70 bits per heavy atom. The number of ketones is 1. The molecule has 0 N–H and O–H groups in total. The van der Waals surface area contributed by atoms with Gasteiger partial charge in [-0.05, 0) is 32.9 Å². The summed E-state index contributed by atoms with van der Waals surface area (Å²) in [7, 11) is -3.33. The van der Waals surface area contributed by atoms with Crippen molar-refractivity contribution < 1.29 is 18.0 Å². The highest BCUT2D eigenvalue weighted by molar-refractivity contribution is 7.92. The van der Waals surface area contributed by atoms with Crippen LogP contribution in [0.25, 0.3) is 0 Å². The van der Waals surface area contributed by atoms with E-state index < -0.39 is 26.3 Å². The van der Waals surface area contributed by atoms with Gasteiger partial charge in [-0.2, -0.15) is 0 Å². The van der Waals surface area contributed by atoms with E-state index in [0.717, 1.165) is 0 Å². The number of sulfone groups is 1. The summed E-state index contributed by atoms with van der Waals surface area (Å²) < 4.78 is 23.3. The lowest BCUT2D eigenvalue weighted by Gasteiger charge is -2.22. The van der Waals surface area contributed by atoms with Gasteiger partial charge in [0.05, 0.1) is 21.8 Å². The molecule has 1 aromatic rings. The van der Waals surface area contributed by atoms with Gasteiger partial charge in [0.1, 0.15) is 0 Å². The fourth-order valence-corrected chi connectivity index (χ4v) is 3.02. The number of nitrogens with zero attached hydrogens (tertiary/aromatic N) is 1. The minimum absolute atomic E-state index is 0.00118. The number of carbonyl (C=O) groups is 2. The Labute approximate surface area is 118 Å². The van der Waals surface area contributed by atoms with E-state index in [1.165, 1.54) is 4.90 Å². The monoisotopic (exact) mass is 295 g/mol. The smallest absolute Gasteiger partial charge is 0.299 e. The zero-order chi connectivity index (χ0) is 15.1.